The van der Waals surface area contributed by atoms with Crippen molar-refractivity contribution in [2.24, 2.45) is 0 Å². The molecular formula is C17H25N5O3. The number of benzene rings is 1. The van der Waals surface area contributed by atoms with Gasteiger partial charge in [0.2, 0.25) is 5.91 Å². The summed E-state index contributed by atoms with van der Waals surface area (Å²) >= 11 is 0. The van der Waals surface area contributed by atoms with Crippen LogP contribution in [-0.4, -0.2) is 86.7 Å². The number of nitrogens with zero attached hydrogens (tertiary/aromatic N) is 4. The fourth-order valence-electron chi connectivity index (χ4n) is 3.16. The molecule has 0 aromatic heterocycles. The number of para-hydroxylation sites is 2. The zero-order valence-electron chi connectivity index (χ0n) is 14.8. The fourth-order valence-corrected chi connectivity index (χ4v) is 3.16. The Morgan fingerprint density at radius 1 is 1.08 bits per heavy atom. The monoisotopic (exact) mass is 347 g/mol. The molecule has 1 aromatic carbocycles. The average Bonchev–Trinajstić information content (AvgIpc) is 2.66. The number of imide groups is 1. The van der Waals surface area contributed by atoms with E-state index in [0.717, 1.165) is 49.1 Å². The molecule has 0 bridgehead atoms. The van der Waals surface area contributed by atoms with E-state index in [0.29, 0.717) is 6.54 Å². The van der Waals surface area contributed by atoms with Crippen molar-refractivity contribution in [2.75, 3.05) is 64.9 Å². The van der Waals surface area contributed by atoms with Gasteiger partial charge >= 0.3 is 6.03 Å². The van der Waals surface area contributed by atoms with Gasteiger partial charge in [0.25, 0.3) is 0 Å². The number of likely N-dealkylation sites (N-methyl/N-ethyl adjacent to an activating group) is 1. The van der Waals surface area contributed by atoms with Gasteiger partial charge in [-0.2, -0.15) is 0 Å². The van der Waals surface area contributed by atoms with Crippen LogP contribution >= 0.6 is 0 Å². The van der Waals surface area contributed by atoms with Gasteiger partial charge in [0.1, 0.15) is 5.75 Å². The zero-order chi connectivity index (χ0) is 17.8. The number of nitrogens with one attached hydrogen (secondary N) is 1. The van der Waals surface area contributed by atoms with E-state index in [2.05, 4.69) is 21.3 Å². The summed E-state index contributed by atoms with van der Waals surface area (Å²) in [5.74, 6) is 0.693. The molecule has 0 atom stereocenters. The number of hydrogen-bond donors (Lipinski definition) is 1. The number of hydrogen-bond acceptors (Lipinski definition) is 6. The summed E-state index contributed by atoms with van der Waals surface area (Å²) in [6.07, 6.45) is 0. The number of anilines is 1. The highest BCUT2D eigenvalue weighted by atomic mass is 16.5. The summed E-state index contributed by atoms with van der Waals surface area (Å²) in [6, 6.07) is 7.77. The molecule has 0 unspecified atom stereocenters. The molecule has 2 aliphatic rings. The normalized spacial score (nSPS) is 19.5. The Hall–Kier alpha value is -2.32. The number of carbonyl (C=O) groups excluding carboxylic acids is 2. The summed E-state index contributed by atoms with van der Waals surface area (Å²) in [7, 11) is 3.21. The number of rotatable bonds is 5. The van der Waals surface area contributed by atoms with Crippen LogP contribution in [0.15, 0.2) is 24.3 Å². The van der Waals surface area contributed by atoms with E-state index in [4.69, 9.17) is 4.74 Å². The third-order valence-corrected chi connectivity index (χ3v) is 4.75. The van der Waals surface area contributed by atoms with Gasteiger partial charge in [-0.05, 0) is 12.1 Å². The average molecular weight is 347 g/mol. The lowest BCUT2D eigenvalue weighted by Crippen LogP contribution is -2.61. The molecule has 2 heterocycles. The quantitative estimate of drug-likeness (QED) is 0.822. The molecule has 0 spiro atoms. The molecule has 0 aliphatic carbocycles. The molecule has 3 rings (SSSR count). The fraction of sp³-hybridized carbons (Fsp3) is 0.529. The largest absolute Gasteiger partial charge is 0.495 e. The Morgan fingerprint density at radius 2 is 1.80 bits per heavy atom. The van der Waals surface area contributed by atoms with Gasteiger partial charge in [0.05, 0.1) is 25.9 Å². The highest BCUT2D eigenvalue weighted by molar-refractivity contribution is 5.96. The molecule has 136 valence electrons. The van der Waals surface area contributed by atoms with E-state index < -0.39 is 0 Å². The van der Waals surface area contributed by atoms with Crippen molar-refractivity contribution in [3.05, 3.63) is 24.3 Å². The van der Waals surface area contributed by atoms with E-state index in [1.807, 2.05) is 18.2 Å². The molecule has 1 aromatic rings. The van der Waals surface area contributed by atoms with Crippen molar-refractivity contribution in [2.45, 2.75) is 0 Å². The molecule has 2 fully saturated rings. The molecule has 1 N–H and O–H groups in total. The lowest BCUT2D eigenvalue weighted by atomic mass is 10.2. The van der Waals surface area contributed by atoms with Crippen LogP contribution in [-0.2, 0) is 4.79 Å². The number of carbonyl (C=O) groups is 2. The molecular weight excluding hydrogens is 322 g/mol. The Morgan fingerprint density at radius 3 is 2.52 bits per heavy atom. The van der Waals surface area contributed by atoms with E-state index in [1.165, 1.54) is 12.1 Å². The summed E-state index contributed by atoms with van der Waals surface area (Å²) < 4.78 is 5.44. The molecule has 8 heteroatoms. The second-order valence-corrected chi connectivity index (χ2v) is 6.22. The lowest BCUT2D eigenvalue weighted by Gasteiger charge is -2.38. The number of piperazine rings is 1. The van der Waals surface area contributed by atoms with Gasteiger partial charge in [-0.3, -0.25) is 19.6 Å². The van der Waals surface area contributed by atoms with Crippen LogP contribution in [0.2, 0.25) is 0 Å². The van der Waals surface area contributed by atoms with Crippen LogP contribution in [0.5, 0.6) is 5.75 Å². The standard InChI is InChI=1S/C17H25N5O3/c1-19-16(23)13-18-22(17(19)24)12-9-20-7-10-21(11-8-20)14-5-3-4-6-15(14)25-2/h3-6,18H,7-13H2,1-2H3. The van der Waals surface area contributed by atoms with Crippen molar-refractivity contribution in [1.29, 1.82) is 0 Å². The van der Waals surface area contributed by atoms with Gasteiger partial charge in [-0.1, -0.05) is 12.1 Å². The van der Waals surface area contributed by atoms with Crippen LogP contribution in [0, 0.1) is 0 Å². The van der Waals surface area contributed by atoms with Crippen molar-refractivity contribution in [3.63, 3.8) is 0 Å². The molecule has 2 aliphatic heterocycles. The molecule has 0 saturated carbocycles. The van der Waals surface area contributed by atoms with Crippen LogP contribution < -0.4 is 15.1 Å². The van der Waals surface area contributed by atoms with Crippen LogP contribution in [0.3, 0.4) is 0 Å². The van der Waals surface area contributed by atoms with Gasteiger partial charge < -0.3 is 9.64 Å². The third kappa shape index (κ3) is 3.85. The van der Waals surface area contributed by atoms with Crippen molar-refractivity contribution >= 4 is 17.6 Å². The first kappa shape index (κ1) is 17.5. The lowest BCUT2D eigenvalue weighted by molar-refractivity contribution is -0.130. The van der Waals surface area contributed by atoms with E-state index in [1.54, 1.807) is 7.11 Å². The molecule has 8 nitrogen and oxygen atoms in total. The number of amides is 3. The first-order valence-electron chi connectivity index (χ1n) is 8.52. The maximum absolute atomic E-state index is 12.0. The van der Waals surface area contributed by atoms with Crippen molar-refractivity contribution in [1.82, 2.24) is 20.2 Å². The maximum atomic E-state index is 12.0. The highest BCUT2D eigenvalue weighted by Crippen LogP contribution is 2.28. The Bertz CT molecular complexity index is 630. The zero-order valence-corrected chi connectivity index (χ0v) is 14.8. The minimum absolute atomic E-state index is 0.170. The number of hydrazine groups is 1. The van der Waals surface area contributed by atoms with Crippen LogP contribution in [0.25, 0.3) is 0 Å². The molecule has 0 radical (unpaired) electrons. The number of methoxy groups -OCH3 is 1. The smallest absolute Gasteiger partial charge is 0.340 e. The van der Waals surface area contributed by atoms with E-state index in [9.17, 15) is 9.59 Å². The minimum Gasteiger partial charge on any atom is -0.495 e. The topological polar surface area (TPSA) is 68.4 Å². The van der Waals surface area contributed by atoms with Gasteiger partial charge in [0, 0.05) is 39.8 Å². The van der Waals surface area contributed by atoms with E-state index >= 15 is 0 Å². The van der Waals surface area contributed by atoms with E-state index in [-0.39, 0.29) is 18.5 Å². The maximum Gasteiger partial charge on any atom is 0.340 e. The SMILES string of the molecule is COc1ccccc1N1CCN(CCN2NCC(=O)N(C)C2=O)CC1. The van der Waals surface area contributed by atoms with Gasteiger partial charge in [-0.15, -0.1) is 0 Å². The Balaban J connectivity index is 1.48. The number of ether oxygens (including phenoxy) is 1. The van der Waals surface area contributed by atoms with Crippen molar-refractivity contribution < 1.29 is 14.3 Å². The summed E-state index contributed by atoms with van der Waals surface area (Å²) in [6.45, 7) is 5.19. The highest BCUT2D eigenvalue weighted by Gasteiger charge is 2.29. The van der Waals surface area contributed by atoms with Gasteiger partial charge in [-0.25, -0.2) is 10.2 Å². The second-order valence-electron chi connectivity index (χ2n) is 6.22. The summed E-state index contributed by atoms with van der Waals surface area (Å²) in [5, 5.41) is 1.52. The Labute approximate surface area is 147 Å². The molecule has 3 amide bonds. The first-order chi connectivity index (χ1) is 12.1. The predicted molar refractivity (Wildman–Crippen MR) is 94.5 cm³/mol. The predicted octanol–water partition coefficient (Wildman–Crippen LogP) is 0.216. The van der Waals surface area contributed by atoms with Crippen LogP contribution in [0.4, 0.5) is 10.5 Å². The summed E-state index contributed by atoms with van der Waals surface area (Å²) in [4.78, 5) is 29.3. The minimum atomic E-state index is -0.288. The first-order valence-corrected chi connectivity index (χ1v) is 8.52. The molecule has 25 heavy (non-hydrogen) atoms. The third-order valence-electron chi connectivity index (χ3n) is 4.75. The van der Waals surface area contributed by atoms with Gasteiger partial charge in [0.15, 0.2) is 0 Å². The molecule has 2 saturated heterocycles. The Kier molecular flexibility index (Phi) is 5.40. The summed E-state index contributed by atoms with van der Waals surface area (Å²) in [5.41, 5.74) is 4.00. The second kappa shape index (κ2) is 7.71. The van der Waals surface area contributed by atoms with Crippen molar-refractivity contribution in [3.8, 4) is 5.75 Å². The number of urea groups is 1. The van der Waals surface area contributed by atoms with Crippen LogP contribution in [0.1, 0.15) is 0 Å².